The standard InChI is InChI=1S/C22H37N/c1-9-22(10-2)14-21(7,8)23(15-22)20-18(16(3)4)12-11-13-19(20)17(5)6/h11-13,16-17H,9-10,14-15H2,1-8H3. The molecule has 2 rings (SSSR count). The Morgan fingerprint density at radius 3 is 1.78 bits per heavy atom. The van der Waals surface area contributed by atoms with Crippen LogP contribution in [0.3, 0.4) is 0 Å². The van der Waals surface area contributed by atoms with Crippen molar-refractivity contribution in [2.45, 2.75) is 92.0 Å². The molecular weight excluding hydrogens is 278 g/mol. The molecule has 1 fully saturated rings. The molecule has 130 valence electrons. The van der Waals surface area contributed by atoms with E-state index in [2.05, 4.69) is 78.5 Å². The average molecular weight is 316 g/mol. The summed E-state index contributed by atoms with van der Waals surface area (Å²) >= 11 is 0. The van der Waals surface area contributed by atoms with Crippen molar-refractivity contribution in [1.29, 1.82) is 0 Å². The van der Waals surface area contributed by atoms with Gasteiger partial charge < -0.3 is 4.90 Å². The predicted octanol–water partition coefficient (Wildman–Crippen LogP) is 6.73. The third-order valence-corrected chi connectivity index (χ3v) is 6.14. The summed E-state index contributed by atoms with van der Waals surface area (Å²) in [6.07, 6.45) is 3.87. The number of para-hydroxylation sites is 1. The first kappa shape index (κ1) is 18.4. The monoisotopic (exact) mass is 315 g/mol. The molecule has 1 heterocycles. The lowest BCUT2D eigenvalue weighted by molar-refractivity contribution is 0.276. The molecule has 0 amide bonds. The maximum absolute atomic E-state index is 2.75. The highest BCUT2D eigenvalue weighted by molar-refractivity contribution is 5.64. The first-order valence-corrected chi connectivity index (χ1v) is 9.58. The van der Waals surface area contributed by atoms with Crippen LogP contribution in [-0.4, -0.2) is 12.1 Å². The molecule has 1 aromatic carbocycles. The van der Waals surface area contributed by atoms with E-state index in [1.807, 2.05) is 0 Å². The van der Waals surface area contributed by atoms with Crippen molar-refractivity contribution in [2.75, 3.05) is 11.4 Å². The molecule has 1 nitrogen and oxygen atoms in total. The number of benzene rings is 1. The van der Waals surface area contributed by atoms with Gasteiger partial charge in [-0.05, 0) is 61.5 Å². The number of hydrogen-bond donors (Lipinski definition) is 0. The molecule has 0 radical (unpaired) electrons. The lowest BCUT2D eigenvalue weighted by Gasteiger charge is -2.38. The summed E-state index contributed by atoms with van der Waals surface area (Å²) in [4.78, 5) is 2.75. The van der Waals surface area contributed by atoms with Crippen molar-refractivity contribution >= 4 is 5.69 Å². The van der Waals surface area contributed by atoms with Crippen LogP contribution >= 0.6 is 0 Å². The third kappa shape index (κ3) is 3.30. The molecule has 23 heavy (non-hydrogen) atoms. The topological polar surface area (TPSA) is 3.24 Å². The lowest BCUT2D eigenvalue weighted by Crippen LogP contribution is -2.39. The van der Waals surface area contributed by atoms with Crippen molar-refractivity contribution in [3.8, 4) is 0 Å². The minimum atomic E-state index is 0.237. The fourth-order valence-electron chi connectivity index (χ4n) is 4.55. The number of anilines is 1. The minimum Gasteiger partial charge on any atom is -0.365 e. The predicted molar refractivity (Wildman–Crippen MR) is 104 cm³/mol. The van der Waals surface area contributed by atoms with Crippen LogP contribution < -0.4 is 4.90 Å². The summed E-state index contributed by atoms with van der Waals surface area (Å²) in [6, 6.07) is 6.95. The van der Waals surface area contributed by atoms with Crippen molar-refractivity contribution < 1.29 is 0 Å². The van der Waals surface area contributed by atoms with Crippen molar-refractivity contribution in [2.24, 2.45) is 5.41 Å². The Kier molecular flexibility index (Phi) is 5.18. The molecule has 1 aliphatic rings. The van der Waals surface area contributed by atoms with Gasteiger partial charge in [-0.3, -0.25) is 0 Å². The molecule has 0 saturated carbocycles. The number of hydrogen-bond acceptors (Lipinski definition) is 1. The van der Waals surface area contributed by atoms with E-state index in [0.717, 1.165) is 0 Å². The van der Waals surface area contributed by atoms with E-state index >= 15 is 0 Å². The lowest BCUT2D eigenvalue weighted by atomic mass is 9.78. The highest BCUT2D eigenvalue weighted by Gasteiger charge is 2.47. The van der Waals surface area contributed by atoms with Gasteiger partial charge in [0, 0.05) is 17.8 Å². The Morgan fingerprint density at radius 1 is 0.957 bits per heavy atom. The summed E-state index contributed by atoms with van der Waals surface area (Å²) in [5.74, 6) is 1.13. The molecule has 0 N–H and O–H groups in total. The highest BCUT2D eigenvalue weighted by atomic mass is 15.2. The molecular formula is C22H37N. The fourth-order valence-corrected chi connectivity index (χ4v) is 4.55. The second kappa shape index (κ2) is 6.49. The van der Waals surface area contributed by atoms with E-state index in [4.69, 9.17) is 0 Å². The summed E-state index contributed by atoms with van der Waals surface area (Å²) in [5.41, 5.74) is 5.29. The zero-order chi connectivity index (χ0) is 17.4. The van der Waals surface area contributed by atoms with E-state index < -0.39 is 0 Å². The number of rotatable bonds is 5. The maximum Gasteiger partial charge on any atom is 0.0441 e. The summed E-state index contributed by atoms with van der Waals surface area (Å²) in [6.45, 7) is 20.2. The Bertz CT molecular complexity index is 509. The van der Waals surface area contributed by atoms with E-state index in [1.54, 1.807) is 0 Å². The van der Waals surface area contributed by atoms with Gasteiger partial charge in [0.05, 0.1) is 0 Å². The molecule has 1 heteroatoms. The van der Waals surface area contributed by atoms with Gasteiger partial charge in [-0.15, -0.1) is 0 Å². The van der Waals surface area contributed by atoms with Crippen molar-refractivity contribution in [3.63, 3.8) is 0 Å². The fraction of sp³-hybridized carbons (Fsp3) is 0.727. The van der Waals surface area contributed by atoms with Gasteiger partial charge in [0.1, 0.15) is 0 Å². The first-order chi connectivity index (χ1) is 10.7. The van der Waals surface area contributed by atoms with Crippen LogP contribution in [0.4, 0.5) is 5.69 Å². The van der Waals surface area contributed by atoms with Gasteiger partial charge in [0.15, 0.2) is 0 Å². The first-order valence-electron chi connectivity index (χ1n) is 9.58. The molecule has 1 saturated heterocycles. The smallest absolute Gasteiger partial charge is 0.0441 e. The van der Waals surface area contributed by atoms with Crippen LogP contribution in [0, 0.1) is 5.41 Å². The molecule has 1 aliphatic heterocycles. The van der Waals surface area contributed by atoms with Gasteiger partial charge >= 0.3 is 0 Å². The maximum atomic E-state index is 2.75. The zero-order valence-corrected chi connectivity index (χ0v) is 16.7. The van der Waals surface area contributed by atoms with Gasteiger partial charge in [0.25, 0.3) is 0 Å². The Hall–Kier alpha value is -0.980. The van der Waals surface area contributed by atoms with E-state index in [9.17, 15) is 0 Å². The summed E-state index contributed by atoms with van der Waals surface area (Å²) < 4.78 is 0. The number of nitrogens with zero attached hydrogens (tertiary/aromatic N) is 1. The van der Waals surface area contributed by atoms with Gasteiger partial charge in [-0.25, -0.2) is 0 Å². The van der Waals surface area contributed by atoms with E-state index in [0.29, 0.717) is 17.3 Å². The Morgan fingerprint density at radius 2 is 1.43 bits per heavy atom. The molecule has 0 aromatic heterocycles. The van der Waals surface area contributed by atoms with Gasteiger partial charge in [-0.1, -0.05) is 59.7 Å². The van der Waals surface area contributed by atoms with Gasteiger partial charge in [-0.2, -0.15) is 0 Å². The molecule has 0 spiro atoms. The van der Waals surface area contributed by atoms with Crippen LogP contribution in [0.5, 0.6) is 0 Å². The zero-order valence-electron chi connectivity index (χ0n) is 16.7. The van der Waals surface area contributed by atoms with Crippen LogP contribution in [0.2, 0.25) is 0 Å². The third-order valence-electron chi connectivity index (χ3n) is 6.14. The minimum absolute atomic E-state index is 0.237. The molecule has 0 atom stereocenters. The van der Waals surface area contributed by atoms with Crippen LogP contribution in [0.25, 0.3) is 0 Å². The molecule has 0 bridgehead atoms. The summed E-state index contributed by atoms with van der Waals surface area (Å²) in [5, 5.41) is 0. The second-order valence-corrected chi connectivity index (χ2v) is 8.88. The van der Waals surface area contributed by atoms with Crippen LogP contribution in [0.15, 0.2) is 18.2 Å². The van der Waals surface area contributed by atoms with Crippen LogP contribution in [0.1, 0.15) is 97.6 Å². The quantitative estimate of drug-likeness (QED) is 0.582. The Balaban J connectivity index is 2.60. The Labute approximate surface area is 144 Å². The van der Waals surface area contributed by atoms with Crippen LogP contribution in [-0.2, 0) is 0 Å². The SMILES string of the molecule is CCC1(CC)CN(c2c(C(C)C)cccc2C(C)C)C(C)(C)C1. The average Bonchev–Trinajstić information content (AvgIpc) is 2.78. The molecule has 0 aliphatic carbocycles. The second-order valence-electron chi connectivity index (χ2n) is 8.88. The summed E-state index contributed by atoms with van der Waals surface area (Å²) in [7, 11) is 0. The van der Waals surface area contributed by atoms with E-state index in [1.165, 1.54) is 42.6 Å². The van der Waals surface area contributed by atoms with Gasteiger partial charge in [0.2, 0.25) is 0 Å². The van der Waals surface area contributed by atoms with Crippen molar-refractivity contribution in [3.05, 3.63) is 29.3 Å². The van der Waals surface area contributed by atoms with E-state index in [-0.39, 0.29) is 5.54 Å². The highest BCUT2D eigenvalue weighted by Crippen LogP contribution is 2.50. The van der Waals surface area contributed by atoms with Crippen molar-refractivity contribution in [1.82, 2.24) is 0 Å². The normalized spacial score (nSPS) is 19.8. The molecule has 1 aromatic rings. The largest absolute Gasteiger partial charge is 0.365 e. The molecule has 0 unspecified atom stereocenters.